The smallest absolute Gasteiger partial charge is 0.245 e. The van der Waals surface area contributed by atoms with Gasteiger partial charge in [-0.1, -0.05) is 6.92 Å². The summed E-state index contributed by atoms with van der Waals surface area (Å²) < 4.78 is 0. The van der Waals surface area contributed by atoms with E-state index in [9.17, 15) is 9.59 Å². The third-order valence-corrected chi connectivity index (χ3v) is 5.79. The topological polar surface area (TPSA) is 52.7 Å². The lowest BCUT2D eigenvalue weighted by Crippen LogP contribution is -2.51. The predicted molar refractivity (Wildman–Crippen MR) is 85.4 cm³/mol. The highest BCUT2D eigenvalue weighted by Gasteiger charge is 2.41. The van der Waals surface area contributed by atoms with Crippen molar-refractivity contribution in [1.82, 2.24) is 15.1 Å². The van der Waals surface area contributed by atoms with Gasteiger partial charge in [-0.3, -0.25) is 9.59 Å². The van der Waals surface area contributed by atoms with Gasteiger partial charge in [0, 0.05) is 32.6 Å². The molecule has 124 valence electrons. The fourth-order valence-corrected chi connectivity index (χ4v) is 4.31. The Morgan fingerprint density at radius 2 is 1.95 bits per heavy atom. The second-order valence-corrected chi connectivity index (χ2v) is 7.25. The molecule has 3 aliphatic heterocycles. The van der Waals surface area contributed by atoms with E-state index in [4.69, 9.17) is 0 Å². The molecular formula is C17H29N3O2. The molecule has 22 heavy (non-hydrogen) atoms. The van der Waals surface area contributed by atoms with Crippen molar-refractivity contribution in [3.63, 3.8) is 0 Å². The molecule has 1 atom stereocenters. The first-order chi connectivity index (χ1) is 10.7. The van der Waals surface area contributed by atoms with Crippen LogP contribution in [0.25, 0.3) is 0 Å². The van der Waals surface area contributed by atoms with Crippen molar-refractivity contribution in [2.45, 2.75) is 57.9 Å². The number of hydrogen-bond donors (Lipinski definition) is 1. The van der Waals surface area contributed by atoms with Gasteiger partial charge in [0.1, 0.15) is 6.04 Å². The Hall–Kier alpha value is -1.10. The zero-order chi connectivity index (χ0) is 15.6. The van der Waals surface area contributed by atoms with Gasteiger partial charge >= 0.3 is 0 Å². The monoisotopic (exact) mass is 307 g/mol. The molecule has 3 aliphatic rings. The van der Waals surface area contributed by atoms with Crippen molar-refractivity contribution in [1.29, 1.82) is 0 Å². The van der Waals surface area contributed by atoms with Crippen molar-refractivity contribution >= 4 is 11.8 Å². The number of likely N-dealkylation sites (tertiary alicyclic amines) is 2. The molecule has 1 N–H and O–H groups in total. The van der Waals surface area contributed by atoms with Crippen LogP contribution in [0.5, 0.6) is 0 Å². The van der Waals surface area contributed by atoms with Crippen molar-refractivity contribution in [2.24, 2.45) is 5.41 Å². The molecule has 0 aromatic carbocycles. The quantitative estimate of drug-likeness (QED) is 0.857. The van der Waals surface area contributed by atoms with Crippen molar-refractivity contribution in [3.8, 4) is 0 Å². The molecule has 1 unspecified atom stereocenters. The third-order valence-electron chi connectivity index (χ3n) is 5.79. The molecule has 0 aromatic heterocycles. The van der Waals surface area contributed by atoms with Crippen LogP contribution in [0.4, 0.5) is 0 Å². The minimum absolute atomic E-state index is 0.159. The zero-order valence-electron chi connectivity index (χ0n) is 13.8. The van der Waals surface area contributed by atoms with Crippen molar-refractivity contribution < 1.29 is 9.59 Å². The number of piperidine rings is 1. The summed E-state index contributed by atoms with van der Waals surface area (Å²) in [6, 6.07) is -0.185. The maximum atomic E-state index is 12.8. The number of carbonyl (C=O) groups is 2. The minimum Gasteiger partial charge on any atom is -0.341 e. The van der Waals surface area contributed by atoms with Gasteiger partial charge in [0.15, 0.2) is 0 Å². The molecule has 0 aromatic rings. The van der Waals surface area contributed by atoms with Crippen LogP contribution < -0.4 is 5.32 Å². The van der Waals surface area contributed by atoms with Gasteiger partial charge < -0.3 is 15.1 Å². The van der Waals surface area contributed by atoms with E-state index in [1.807, 2.05) is 16.7 Å². The summed E-state index contributed by atoms with van der Waals surface area (Å²) >= 11 is 0. The summed E-state index contributed by atoms with van der Waals surface area (Å²) in [5, 5.41) is 3.46. The normalized spacial score (nSPS) is 27.6. The molecular weight excluding hydrogens is 278 g/mol. The first-order valence-electron chi connectivity index (χ1n) is 8.94. The van der Waals surface area contributed by atoms with Gasteiger partial charge in [-0.15, -0.1) is 0 Å². The molecule has 3 fully saturated rings. The summed E-state index contributed by atoms with van der Waals surface area (Å²) in [7, 11) is 0. The lowest BCUT2D eigenvalue weighted by atomic mass is 9.77. The summed E-state index contributed by atoms with van der Waals surface area (Å²) in [6.07, 6.45) is 6.71. The van der Waals surface area contributed by atoms with Gasteiger partial charge in [-0.2, -0.15) is 0 Å². The summed E-state index contributed by atoms with van der Waals surface area (Å²) in [5.41, 5.74) is 0.435. The molecule has 3 saturated heterocycles. The van der Waals surface area contributed by atoms with E-state index in [2.05, 4.69) is 5.32 Å². The molecule has 0 aliphatic carbocycles. The van der Waals surface area contributed by atoms with E-state index in [0.29, 0.717) is 11.8 Å². The van der Waals surface area contributed by atoms with E-state index in [-0.39, 0.29) is 17.9 Å². The molecule has 5 heteroatoms. The van der Waals surface area contributed by atoms with Gasteiger partial charge in [0.05, 0.1) is 0 Å². The maximum Gasteiger partial charge on any atom is 0.245 e. The van der Waals surface area contributed by atoms with Crippen LogP contribution in [0, 0.1) is 5.41 Å². The second-order valence-electron chi connectivity index (χ2n) is 7.25. The number of hydrogen-bond acceptors (Lipinski definition) is 3. The molecule has 3 rings (SSSR count). The number of nitrogens with one attached hydrogen (secondary N) is 1. The van der Waals surface area contributed by atoms with Gasteiger partial charge in [0.2, 0.25) is 11.8 Å². The van der Waals surface area contributed by atoms with Crippen LogP contribution >= 0.6 is 0 Å². The Bertz CT molecular complexity index is 422. The molecule has 1 spiro atoms. The van der Waals surface area contributed by atoms with Crippen LogP contribution in [0.15, 0.2) is 0 Å². The molecule has 0 radical (unpaired) electrons. The summed E-state index contributed by atoms with van der Waals surface area (Å²) in [5.74, 6) is 0.356. The highest BCUT2D eigenvalue weighted by atomic mass is 16.2. The molecule has 0 saturated carbocycles. The highest BCUT2D eigenvalue weighted by molar-refractivity contribution is 5.88. The predicted octanol–water partition coefficient (Wildman–Crippen LogP) is 1.38. The summed E-state index contributed by atoms with van der Waals surface area (Å²) in [4.78, 5) is 28.9. The van der Waals surface area contributed by atoms with Gasteiger partial charge in [0.25, 0.3) is 0 Å². The SMILES string of the molecule is CCCC(=O)N1CCCC1C(=O)N1CCC2(CCNC2)CC1. The Labute approximate surface area is 133 Å². The molecule has 5 nitrogen and oxygen atoms in total. The van der Waals surface area contributed by atoms with Crippen molar-refractivity contribution in [3.05, 3.63) is 0 Å². The summed E-state index contributed by atoms with van der Waals surface area (Å²) in [6.45, 7) is 6.75. The molecule has 0 bridgehead atoms. The first-order valence-corrected chi connectivity index (χ1v) is 8.94. The van der Waals surface area contributed by atoms with E-state index in [1.165, 1.54) is 6.42 Å². The fourth-order valence-electron chi connectivity index (χ4n) is 4.31. The standard InChI is InChI=1S/C17H29N3O2/c1-2-4-15(21)20-10-3-5-14(20)16(22)19-11-7-17(8-12-19)6-9-18-13-17/h14,18H,2-13H2,1H3. The molecule has 2 amide bonds. The zero-order valence-corrected chi connectivity index (χ0v) is 13.8. The van der Waals surface area contributed by atoms with Crippen LogP contribution in [0.2, 0.25) is 0 Å². The van der Waals surface area contributed by atoms with Crippen LogP contribution in [0.3, 0.4) is 0 Å². The second kappa shape index (κ2) is 6.57. The first kappa shape index (κ1) is 15.8. The Morgan fingerprint density at radius 1 is 1.18 bits per heavy atom. The van der Waals surface area contributed by atoms with Crippen molar-refractivity contribution in [2.75, 3.05) is 32.7 Å². The van der Waals surface area contributed by atoms with Crippen LogP contribution in [0.1, 0.15) is 51.9 Å². The van der Waals surface area contributed by atoms with E-state index in [1.54, 1.807) is 0 Å². The lowest BCUT2D eigenvalue weighted by molar-refractivity contribution is -0.145. The van der Waals surface area contributed by atoms with Crippen LogP contribution in [-0.4, -0.2) is 60.4 Å². The Morgan fingerprint density at radius 3 is 2.59 bits per heavy atom. The van der Waals surface area contributed by atoms with Gasteiger partial charge in [-0.25, -0.2) is 0 Å². The largest absolute Gasteiger partial charge is 0.341 e. The Balaban J connectivity index is 1.58. The Kier molecular flexibility index (Phi) is 4.71. The average molecular weight is 307 g/mol. The number of rotatable bonds is 3. The highest BCUT2D eigenvalue weighted by Crippen LogP contribution is 2.37. The van der Waals surface area contributed by atoms with E-state index < -0.39 is 0 Å². The third kappa shape index (κ3) is 3.00. The van der Waals surface area contributed by atoms with Gasteiger partial charge in [-0.05, 0) is 50.5 Å². The van der Waals surface area contributed by atoms with Crippen LogP contribution in [-0.2, 0) is 9.59 Å². The molecule has 3 heterocycles. The maximum absolute atomic E-state index is 12.8. The number of carbonyl (C=O) groups excluding carboxylic acids is 2. The fraction of sp³-hybridized carbons (Fsp3) is 0.882. The number of nitrogens with zero attached hydrogens (tertiary/aromatic N) is 2. The van der Waals surface area contributed by atoms with E-state index >= 15 is 0 Å². The minimum atomic E-state index is -0.185. The average Bonchev–Trinajstić information content (AvgIpc) is 3.17. The van der Waals surface area contributed by atoms with E-state index in [0.717, 1.165) is 64.8 Å². The number of amides is 2. The lowest BCUT2D eigenvalue weighted by Gasteiger charge is -2.40.